The van der Waals surface area contributed by atoms with E-state index in [-0.39, 0.29) is 150 Å². The number of aliphatic imine (C=N–C) groups is 1. The predicted octanol–water partition coefficient (Wildman–Crippen LogP) is 16.9. The van der Waals surface area contributed by atoms with Crippen LogP contribution in [0.2, 0.25) is 0 Å². The van der Waals surface area contributed by atoms with E-state index in [1.165, 1.54) is 24.5 Å². The van der Waals surface area contributed by atoms with Crippen molar-refractivity contribution in [2.45, 2.75) is 262 Å². The van der Waals surface area contributed by atoms with Gasteiger partial charge in [-0.15, -0.1) is 0 Å². The van der Waals surface area contributed by atoms with Crippen molar-refractivity contribution >= 4 is 72.5 Å². The molecule has 5 saturated heterocycles. The van der Waals surface area contributed by atoms with Crippen molar-refractivity contribution in [1.29, 1.82) is 10.5 Å². The van der Waals surface area contributed by atoms with Gasteiger partial charge >= 0.3 is 43.8 Å². The Hall–Kier alpha value is -8.24. The zero-order valence-corrected chi connectivity index (χ0v) is 78.1. The summed E-state index contributed by atoms with van der Waals surface area (Å²) in [4.78, 5) is 81.9. The number of fused-ring (bicyclic) bond motifs is 3. The number of nitrogens with zero attached hydrogens (tertiary/aromatic N) is 11. The van der Waals surface area contributed by atoms with E-state index in [2.05, 4.69) is 80.7 Å². The topological polar surface area (TPSA) is 408 Å². The summed E-state index contributed by atoms with van der Waals surface area (Å²) in [5.74, 6) is -0.406. The third kappa shape index (κ3) is 33.7. The Balaban J connectivity index is 0.000000523. The Morgan fingerprint density at radius 3 is 1.25 bits per heavy atom. The number of nitro groups is 3. The molecule has 3 aromatic heterocycles. The molecule has 6 aromatic rings. The second-order valence-electron chi connectivity index (χ2n) is 35.1. The van der Waals surface area contributed by atoms with Crippen molar-refractivity contribution in [1.82, 2.24) is 30.4 Å². The second kappa shape index (κ2) is 50.7. The van der Waals surface area contributed by atoms with Crippen molar-refractivity contribution in [2.75, 3.05) is 72.2 Å². The van der Waals surface area contributed by atoms with Gasteiger partial charge in [-0.1, -0.05) is 140 Å². The number of ketones is 1. The zero-order valence-electron chi connectivity index (χ0n) is 73.9. The first kappa shape index (κ1) is 110. The molecular weight excluding hydrogens is 1740 g/mol. The monoisotopic (exact) mass is 1880 g/mol. The third-order valence-electron chi connectivity index (χ3n) is 21.9. The number of nitrogen functional groups attached to an aromatic ring is 1. The van der Waals surface area contributed by atoms with E-state index >= 15 is 0 Å². The molecule has 6 fully saturated rings. The number of anilines is 1. The minimum absolute atomic E-state index is 0. The van der Waals surface area contributed by atoms with Crippen molar-refractivity contribution in [3.05, 3.63) is 192 Å². The fraction of sp³-hybridized carbons (Fsp3) is 0.587. The number of carbonyl (C=O) groups is 2. The van der Waals surface area contributed by atoms with Gasteiger partial charge in [-0.25, -0.2) is 5.32 Å². The normalized spacial score (nSPS) is 21.0. The van der Waals surface area contributed by atoms with Gasteiger partial charge in [0, 0.05) is 158 Å². The number of Topliss-reactive ketones (excluding diaryl/α,β-unsaturated/α-hetero) is 1. The molecule has 4 aliphatic carbocycles. The Bertz CT molecular complexity index is 4480. The van der Waals surface area contributed by atoms with Gasteiger partial charge in [0.1, 0.15) is 17.7 Å². The van der Waals surface area contributed by atoms with E-state index < -0.39 is 50.1 Å². The Morgan fingerprint density at radius 1 is 0.524 bits per heavy atom. The number of nitrogens with two attached hydrogens (primary N) is 1. The molecule has 32 nitrogen and oxygen atoms in total. The molecule has 5 aliphatic heterocycles. The number of likely N-dealkylation sites (N-methyl/N-ethyl adjacent to an activating group) is 1. The summed E-state index contributed by atoms with van der Waals surface area (Å²) in [6.07, 6.45) is 26.2. The van der Waals surface area contributed by atoms with Crippen molar-refractivity contribution in [3.63, 3.8) is 0 Å². The van der Waals surface area contributed by atoms with Gasteiger partial charge in [0.2, 0.25) is 6.04 Å². The first-order valence-electron chi connectivity index (χ1n) is 41.3. The maximum atomic E-state index is 11.3. The number of benzene rings is 3. The summed E-state index contributed by atoms with van der Waals surface area (Å²) >= 11 is 0. The first-order chi connectivity index (χ1) is 57.2. The number of aromatic nitrogens is 3. The van der Waals surface area contributed by atoms with Crippen LogP contribution in [0, 0.1) is 74.9 Å². The number of hydrogen-bond donors (Lipinski definition) is 2. The van der Waals surface area contributed by atoms with Gasteiger partial charge in [0.05, 0.1) is 94.5 Å². The van der Waals surface area contributed by atoms with Crippen LogP contribution in [-0.2, 0) is 113 Å². The number of nitrogens with one attached hydrogen (secondary N) is 1. The van der Waals surface area contributed by atoms with Crippen LogP contribution in [0.1, 0.15) is 224 Å². The molecule has 0 bridgehead atoms. The second-order valence-corrected chi connectivity index (χ2v) is 35.1. The van der Waals surface area contributed by atoms with Gasteiger partial charge in [-0.05, 0) is 136 Å². The fourth-order valence-electron chi connectivity index (χ4n) is 15.0. The number of amides is 1. The van der Waals surface area contributed by atoms with Gasteiger partial charge in [-0.2, -0.15) is 15.5 Å². The standard InChI is InChI=1S/C24H28N4O3.C16H22N2O4.C16H24N2O2.C13H10N2O2.C13H22O3.C6H9N3O5.4CH4.Ca.Cd.2H/c1-23(2)15-29-24(30-16-23)11-6-9-21-18(10-12-24)13-19(14-26-21)28-22(27-17-25)31-20-7-4-3-5-8-20;1-15(2)10-21-16(22-11-15)6-3-4-14-12(5-7-16)8-13(9-17-14)18(19)20;1-15(2)10-19-16(20-11-15)6-3-4-14-12(5-7-16)8-13(17)9-18-14;14-11-15(16-12-7-3-1-4-8-12)17-13-9-5-2-6-10-13;1-12(2)9-15-13(16-10-12)7-3-5-11(14)6-4-8-13;1-7-3-4(8(11)12)2-5(6(7)10)9(13)14;;;;;;;;/h3-5,7-8,13-14H,6,9-12,15-16H2,1-2H3,(H,27,28);8-9H,3-7,10-11H2,1-2H3;8-9H,3-7,10-11,17H2,1-2H3;1-10H;3-10H2,1-2H3;4-5H,2-3H2,1H3;4*1H4;;;;/q;;;;;;;;;;+2;;2*-1. The summed E-state index contributed by atoms with van der Waals surface area (Å²) in [6, 6.07) is 30.5. The maximum absolute atomic E-state index is 11.3. The molecule has 1 amide bonds. The van der Waals surface area contributed by atoms with Gasteiger partial charge < -0.3 is 65.8 Å². The van der Waals surface area contributed by atoms with Crippen molar-refractivity contribution in [2.24, 2.45) is 26.7 Å². The number of hydroxylamine groups is 2. The number of amidine groups is 1. The van der Waals surface area contributed by atoms with Gasteiger partial charge in [0.25, 0.3) is 23.8 Å². The van der Waals surface area contributed by atoms with Gasteiger partial charge in [-0.3, -0.25) is 54.9 Å². The zero-order chi connectivity index (χ0) is 86.2. The van der Waals surface area contributed by atoms with Crippen LogP contribution in [-0.4, -0.2) is 197 Å². The number of ether oxygens (including phenoxy) is 9. The number of piperidine rings is 1. The summed E-state index contributed by atoms with van der Waals surface area (Å²) < 4.78 is 54.5. The molecule has 8 heterocycles. The minimum atomic E-state index is -1.47. The Kier molecular flexibility index (Phi) is 44.3. The molecule has 2 atom stereocenters. The molecule has 4 spiro atoms. The van der Waals surface area contributed by atoms with E-state index in [0.29, 0.717) is 74.4 Å². The van der Waals surface area contributed by atoms with Crippen molar-refractivity contribution in [3.8, 4) is 29.6 Å². The van der Waals surface area contributed by atoms with E-state index in [9.17, 15) is 39.9 Å². The molecule has 3 N–H and O–H groups in total. The van der Waals surface area contributed by atoms with Crippen LogP contribution in [0.5, 0.6) is 17.2 Å². The smallest absolute Gasteiger partial charge is 1.00 e. The molecule has 1 saturated carbocycles. The molecule has 9 aliphatic rings. The van der Waals surface area contributed by atoms with Crippen LogP contribution in [0.4, 0.5) is 17.1 Å². The SMILES string of the molecule is C.C.C.C.CC1(C)COC2(CCCC(=O)CCC2)OC1.CC1(C)COC2(CCCc3ncc(N)cc3CC2)OC1.CC1(C)COC2(CCCc3ncc(N=C(NC#N)Oc4ccccc4)cc3CC2)OC1.CC1(C)COC2(CCCc3ncc([N+](=O)[O-])cc3CC2)OC1.CN1CC([N+](=O)[O-])CC([N+](=O)[O-])C1=O.N#CN(Oc1ccccc1)Oc1ccccc1.[Ca+2].[Cd].[H-].[H-]. The molecule has 34 heteroatoms. The van der Waals surface area contributed by atoms with Crippen LogP contribution >= 0.6 is 0 Å². The average molecular weight is 1880 g/mol. The van der Waals surface area contributed by atoms with Crippen LogP contribution in [0.25, 0.3) is 0 Å². The molecule has 0 radical (unpaired) electrons. The molecular formula is C92H133CaCdN13O19. The molecule has 126 heavy (non-hydrogen) atoms. The van der Waals surface area contributed by atoms with E-state index in [0.717, 1.165) is 180 Å². The summed E-state index contributed by atoms with van der Waals surface area (Å²) in [5.41, 5.74) is 14.2. The van der Waals surface area contributed by atoms with Crippen molar-refractivity contribution < 1.29 is 107 Å². The van der Waals surface area contributed by atoms with E-state index in [1.54, 1.807) is 61.1 Å². The van der Waals surface area contributed by atoms with Gasteiger partial charge in [0.15, 0.2) is 40.8 Å². The Morgan fingerprint density at radius 2 is 0.881 bits per heavy atom. The summed E-state index contributed by atoms with van der Waals surface area (Å²) in [7, 11) is 1.33. The minimum Gasteiger partial charge on any atom is -1.00 e. The Labute approximate surface area is 796 Å². The summed E-state index contributed by atoms with van der Waals surface area (Å²) in [6.45, 7) is 23.1. The number of aryl methyl sites for hydroxylation is 6. The third-order valence-corrected chi connectivity index (χ3v) is 21.9. The number of hydrogen-bond acceptors (Lipinski definition) is 27. The predicted molar refractivity (Wildman–Crippen MR) is 477 cm³/mol. The van der Waals surface area contributed by atoms with E-state index in [4.69, 9.17) is 68.6 Å². The maximum Gasteiger partial charge on any atom is 2.00 e. The number of carbonyl (C=O) groups excluding carboxylic acids is 2. The number of likely N-dealkylation sites (tertiary alicyclic amines) is 1. The molecule has 15 rings (SSSR count). The van der Waals surface area contributed by atoms with Crippen LogP contribution in [0.15, 0.2) is 133 Å². The molecule has 2 unspecified atom stereocenters. The number of rotatable bonds is 9. The van der Waals surface area contributed by atoms with Crippen LogP contribution in [0.3, 0.4) is 0 Å². The summed E-state index contributed by atoms with van der Waals surface area (Å²) in [5, 5.41) is 53.0. The fourth-order valence-corrected chi connectivity index (χ4v) is 15.0. The molecule has 684 valence electrons. The molecule has 3 aromatic carbocycles. The van der Waals surface area contributed by atoms with E-state index in [1.807, 2.05) is 72.9 Å². The quantitative estimate of drug-likeness (QED) is 0.0258. The number of pyridine rings is 3. The number of nitriles is 2. The largest absolute Gasteiger partial charge is 2.00 e. The first-order valence-corrected chi connectivity index (χ1v) is 41.3. The average Bonchev–Trinajstić information content (AvgIpc) is 0.796. The van der Waals surface area contributed by atoms with Crippen LogP contribution < -0.4 is 25.5 Å². The number of para-hydroxylation sites is 3.